The molecule has 1 saturated heterocycles. The summed E-state index contributed by atoms with van der Waals surface area (Å²) < 4.78 is 12.1. The summed E-state index contributed by atoms with van der Waals surface area (Å²) in [7, 11) is 0. The van der Waals surface area contributed by atoms with Gasteiger partial charge in [0.05, 0.1) is 6.10 Å². The van der Waals surface area contributed by atoms with Crippen molar-refractivity contribution in [2.45, 2.75) is 51.6 Å². The van der Waals surface area contributed by atoms with Gasteiger partial charge in [0.15, 0.2) is 5.79 Å². The molecule has 0 N–H and O–H groups in total. The molecule has 1 heterocycles. The summed E-state index contributed by atoms with van der Waals surface area (Å²) in [5.41, 5.74) is 0.831. The van der Waals surface area contributed by atoms with Gasteiger partial charge in [-0.05, 0) is 31.9 Å². The Bertz CT molecular complexity index is 410. The first-order valence-electron chi connectivity index (χ1n) is 6.32. The van der Waals surface area contributed by atoms with E-state index in [9.17, 15) is 0 Å². The van der Waals surface area contributed by atoms with Gasteiger partial charge in [0.2, 0.25) is 0 Å². The van der Waals surface area contributed by atoms with E-state index in [1.165, 1.54) is 0 Å². The summed E-state index contributed by atoms with van der Waals surface area (Å²) in [6, 6.07) is 5.50. The van der Waals surface area contributed by atoms with Crippen LogP contribution in [0.1, 0.15) is 45.3 Å². The zero-order chi connectivity index (χ0) is 13.3. The Kier molecular flexibility index (Phi) is 4.22. The lowest BCUT2D eigenvalue weighted by Crippen LogP contribution is -2.28. The molecule has 2 rings (SSSR count). The molecule has 0 amide bonds. The molecule has 1 aliphatic heterocycles. The van der Waals surface area contributed by atoms with Crippen molar-refractivity contribution in [1.29, 1.82) is 0 Å². The van der Waals surface area contributed by atoms with Crippen LogP contribution in [0.4, 0.5) is 0 Å². The summed E-state index contributed by atoms with van der Waals surface area (Å²) in [5.74, 6) is -0.507. The van der Waals surface area contributed by atoms with E-state index in [1.807, 2.05) is 25.1 Å². The quantitative estimate of drug-likeness (QED) is 0.780. The van der Waals surface area contributed by atoms with Gasteiger partial charge in [-0.3, -0.25) is 0 Å². The molecule has 0 aliphatic carbocycles. The van der Waals surface area contributed by atoms with Gasteiger partial charge < -0.3 is 9.47 Å². The van der Waals surface area contributed by atoms with E-state index in [0.29, 0.717) is 10.0 Å². The maximum atomic E-state index is 6.23. The minimum absolute atomic E-state index is 0.0534. The van der Waals surface area contributed by atoms with Crippen LogP contribution < -0.4 is 0 Å². The maximum Gasteiger partial charge on any atom is 0.169 e. The van der Waals surface area contributed by atoms with Crippen LogP contribution in [0.2, 0.25) is 10.0 Å². The van der Waals surface area contributed by atoms with E-state index in [1.54, 1.807) is 0 Å². The molecule has 100 valence electrons. The van der Waals surface area contributed by atoms with E-state index in [4.69, 9.17) is 32.7 Å². The van der Waals surface area contributed by atoms with Crippen molar-refractivity contribution in [3.63, 3.8) is 0 Å². The van der Waals surface area contributed by atoms with Crippen LogP contribution in [0.5, 0.6) is 0 Å². The third-order valence-electron chi connectivity index (χ3n) is 3.53. The largest absolute Gasteiger partial charge is 0.344 e. The summed E-state index contributed by atoms with van der Waals surface area (Å²) in [6.45, 7) is 6.12. The molecule has 4 heteroatoms. The molecule has 0 aromatic heterocycles. The Labute approximate surface area is 118 Å². The van der Waals surface area contributed by atoms with Crippen molar-refractivity contribution in [3.05, 3.63) is 33.8 Å². The van der Waals surface area contributed by atoms with Crippen LogP contribution in [-0.2, 0) is 9.47 Å². The fraction of sp³-hybridized carbons (Fsp3) is 0.571. The van der Waals surface area contributed by atoms with Crippen LogP contribution in [0.25, 0.3) is 0 Å². The summed E-state index contributed by atoms with van der Waals surface area (Å²) in [6.07, 6.45) is 1.37. The summed E-state index contributed by atoms with van der Waals surface area (Å²) in [5, 5.41) is 1.26. The Morgan fingerprint density at radius 1 is 1.11 bits per heavy atom. The SMILES string of the molecule is CCC1(CC)O[C@@H](C)[C@H](c2c(Cl)cccc2Cl)O1. The molecule has 18 heavy (non-hydrogen) atoms. The van der Waals surface area contributed by atoms with Gasteiger partial charge in [-0.15, -0.1) is 0 Å². The predicted octanol–water partition coefficient (Wildman–Crippen LogP) is 4.99. The molecule has 1 aromatic rings. The lowest BCUT2D eigenvalue weighted by atomic mass is 10.1. The zero-order valence-electron chi connectivity index (χ0n) is 10.9. The Morgan fingerprint density at radius 3 is 2.11 bits per heavy atom. The van der Waals surface area contributed by atoms with Crippen molar-refractivity contribution < 1.29 is 9.47 Å². The second kappa shape index (κ2) is 5.38. The van der Waals surface area contributed by atoms with Gasteiger partial charge in [0.1, 0.15) is 6.10 Å². The molecular weight excluding hydrogens is 271 g/mol. The molecule has 2 nitrogen and oxygen atoms in total. The monoisotopic (exact) mass is 288 g/mol. The number of hydrogen-bond donors (Lipinski definition) is 0. The van der Waals surface area contributed by atoms with Crippen LogP contribution in [0, 0.1) is 0 Å². The average Bonchev–Trinajstić information content (AvgIpc) is 2.68. The Hall–Kier alpha value is -0.280. The first-order valence-corrected chi connectivity index (χ1v) is 7.08. The topological polar surface area (TPSA) is 18.5 Å². The lowest BCUT2D eigenvalue weighted by Gasteiger charge is -2.25. The second-order valence-corrected chi connectivity index (χ2v) is 5.43. The minimum atomic E-state index is -0.507. The molecule has 1 fully saturated rings. The number of halogens is 2. The minimum Gasteiger partial charge on any atom is -0.344 e. The second-order valence-electron chi connectivity index (χ2n) is 4.61. The smallest absolute Gasteiger partial charge is 0.169 e. The third-order valence-corrected chi connectivity index (χ3v) is 4.19. The van der Waals surface area contributed by atoms with Crippen molar-refractivity contribution in [3.8, 4) is 0 Å². The molecule has 0 unspecified atom stereocenters. The number of rotatable bonds is 3. The molecule has 1 aliphatic rings. The molecule has 2 atom stereocenters. The first kappa shape index (κ1) is 14.1. The predicted molar refractivity (Wildman–Crippen MR) is 74.1 cm³/mol. The molecule has 0 radical (unpaired) electrons. The van der Waals surface area contributed by atoms with Gasteiger partial charge in [0.25, 0.3) is 0 Å². The third kappa shape index (κ3) is 2.39. The zero-order valence-corrected chi connectivity index (χ0v) is 12.4. The fourth-order valence-corrected chi connectivity index (χ4v) is 3.03. The van der Waals surface area contributed by atoms with Gasteiger partial charge in [-0.1, -0.05) is 43.1 Å². The van der Waals surface area contributed by atoms with E-state index in [0.717, 1.165) is 18.4 Å². The molecule has 0 spiro atoms. The fourth-order valence-electron chi connectivity index (χ4n) is 2.42. The van der Waals surface area contributed by atoms with Crippen molar-refractivity contribution in [1.82, 2.24) is 0 Å². The highest BCUT2D eigenvalue weighted by molar-refractivity contribution is 6.36. The molecule has 1 aromatic carbocycles. The maximum absolute atomic E-state index is 6.23. The highest BCUT2D eigenvalue weighted by atomic mass is 35.5. The molecule has 0 saturated carbocycles. The summed E-state index contributed by atoms with van der Waals surface area (Å²) in [4.78, 5) is 0. The molecule has 0 bridgehead atoms. The Morgan fingerprint density at radius 2 is 1.67 bits per heavy atom. The number of benzene rings is 1. The van der Waals surface area contributed by atoms with Gasteiger partial charge in [0, 0.05) is 15.6 Å². The van der Waals surface area contributed by atoms with E-state index >= 15 is 0 Å². The van der Waals surface area contributed by atoms with Crippen LogP contribution in [0.15, 0.2) is 18.2 Å². The first-order chi connectivity index (χ1) is 8.53. The van der Waals surface area contributed by atoms with E-state index < -0.39 is 5.79 Å². The normalized spacial score (nSPS) is 26.5. The lowest BCUT2D eigenvalue weighted by molar-refractivity contribution is -0.178. The highest BCUT2D eigenvalue weighted by Gasteiger charge is 2.45. The van der Waals surface area contributed by atoms with E-state index in [2.05, 4.69) is 13.8 Å². The average molecular weight is 289 g/mol. The number of hydrogen-bond acceptors (Lipinski definition) is 2. The highest BCUT2D eigenvalue weighted by Crippen LogP contribution is 2.45. The van der Waals surface area contributed by atoms with Crippen LogP contribution in [0.3, 0.4) is 0 Å². The van der Waals surface area contributed by atoms with Crippen LogP contribution in [-0.4, -0.2) is 11.9 Å². The van der Waals surface area contributed by atoms with Crippen LogP contribution >= 0.6 is 23.2 Å². The van der Waals surface area contributed by atoms with Crippen molar-refractivity contribution >= 4 is 23.2 Å². The van der Waals surface area contributed by atoms with Gasteiger partial charge in [-0.25, -0.2) is 0 Å². The van der Waals surface area contributed by atoms with Gasteiger partial charge in [-0.2, -0.15) is 0 Å². The molecular formula is C14H18Cl2O2. The van der Waals surface area contributed by atoms with Gasteiger partial charge >= 0.3 is 0 Å². The number of ether oxygens (including phenoxy) is 2. The van der Waals surface area contributed by atoms with Crippen molar-refractivity contribution in [2.75, 3.05) is 0 Å². The standard InChI is InChI=1S/C14H18Cl2O2/c1-4-14(5-2)17-9(3)13(18-14)12-10(15)7-6-8-11(12)16/h6-9,13H,4-5H2,1-3H3/t9-,13+/m0/s1. The van der Waals surface area contributed by atoms with E-state index in [-0.39, 0.29) is 12.2 Å². The Balaban J connectivity index is 2.35. The summed E-state index contributed by atoms with van der Waals surface area (Å²) >= 11 is 12.5. The van der Waals surface area contributed by atoms with Crippen molar-refractivity contribution in [2.24, 2.45) is 0 Å².